The molecule has 0 saturated carbocycles. The van der Waals surface area contributed by atoms with Crippen molar-refractivity contribution in [1.82, 2.24) is 10.6 Å². The number of alkyl halides is 3. The minimum Gasteiger partial charge on any atom is -0.354 e. The van der Waals surface area contributed by atoms with Crippen LogP contribution in [0.3, 0.4) is 0 Å². The Kier molecular flexibility index (Phi) is 9.13. The molecule has 7 heteroatoms. The lowest BCUT2D eigenvalue weighted by Crippen LogP contribution is -2.35. The average molecular weight is 339 g/mol. The largest absolute Gasteiger partial charge is 0.416 e. The normalized spacial score (nSPS) is 12.4. The van der Waals surface area contributed by atoms with Gasteiger partial charge in [0.05, 0.1) is 11.5 Å². The zero-order valence-electron chi connectivity index (χ0n) is 12.7. The number of benzene rings is 1. The monoisotopic (exact) mass is 338 g/mol. The number of carbonyl (C=O) groups excluding carboxylic acids is 1. The standard InChI is InChI=1S/C15H21F3N2O.ClH/c1-3-13(14(21)20-9-8-19-4-2)11-6-5-7-12(10-11)15(16,17)18;/h5-7,10,13,19H,3-4,8-9H2,1-2H3,(H,20,21);1H. The van der Waals surface area contributed by atoms with Crippen LogP contribution in [0.5, 0.6) is 0 Å². The summed E-state index contributed by atoms with van der Waals surface area (Å²) in [5, 5.41) is 5.81. The molecule has 0 bridgehead atoms. The molecule has 0 fully saturated rings. The molecule has 1 aromatic rings. The highest BCUT2D eigenvalue weighted by Crippen LogP contribution is 2.31. The van der Waals surface area contributed by atoms with Crippen LogP contribution in [-0.4, -0.2) is 25.5 Å². The Hall–Kier alpha value is -1.27. The molecular weight excluding hydrogens is 317 g/mol. The molecule has 0 aliphatic rings. The van der Waals surface area contributed by atoms with Gasteiger partial charge < -0.3 is 10.6 Å². The van der Waals surface area contributed by atoms with Crippen LogP contribution in [0.15, 0.2) is 24.3 Å². The van der Waals surface area contributed by atoms with Crippen LogP contribution in [0.4, 0.5) is 13.2 Å². The van der Waals surface area contributed by atoms with Gasteiger partial charge in [0.25, 0.3) is 0 Å². The highest BCUT2D eigenvalue weighted by Gasteiger charge is 2.31. The first-order chi connectivity index (χ1) is 9.90. The first kappa shape index (κ1) is 20.7. The number of amides is 1. The number of hydrogen-bond donors (Lipinski definition) is 2. The van der Waals surface area contributed by atoms with Gasteiger partial charge in [-0.1, -0.05) is 32.0 Å². The summed E-state index contributed by atoms with van der Waals surface area (Å²) in [4.78, 5) is 12.1. The molecule has 0 aliphatic heterocycles. The summed E-state index contributed by atoms with van der Waals surface area (Å²) in [6, 6.07) is 4.97. The van der Waals surface area contributed by atoms with Gasteiger partial charge >= 0.3 is 6.18 Å². The molecule has 22 heavy (non-hydrogen) atoms. The molecule has 0 aliphatic carbocycles. The van der Waals surface area contributed by atoms with Gasteiger partial charge in [0, 0.05) is 13.1 Å². The average Bonchev–Trinajstić information content (AvgIpc) is 2.44. The van der Waals surface area contributed by atoms with Crippen molar-refractivity contribution in [2.75, 3.05) is 19.6 Å². The predicted octanol–water partition coefficient (Wildman–Crippen LogP) is 3.35. The van der Waals surface area contributed by atoms with Crippen molar-refractivity contribution in [2.45, 2.75) is 32.4 Å². The van der Waals surface area contributed by atoms with E-state index in [1.807, 2.05) is 6.92 Å². The highest BCUT2D eigenvalue weighted by molar-refractivity contribution is 5.85. The maximum absolute atomic E-state index is 12.7. The maximum Gasteiger partial charge on any atom is 0.416 e. The van der Waals surface area contributed by atoms with E-state index in [4.69, 9.17) is 0 Å². The first-order valence-corrected chi connectivity index (χ1v) is 7.05. The number of nitrogens with one attached hydrogen (secondary N) is 2. The molecule has 1 atom stereocenters. The summed E-state index contributed by atoms with van der Waals surface area (Å²) in [6.45, 7) is 5.65. The lowest BCUT2D eigenvalue weighted by molar-refractivity contribution is -0.137. The second-order valence-corrected chi connectivity index (χ2v) is 4.73. The molecule has 1 unspecified atom stereocenters. The fourth-order valence-electron chi connectivity index (χ4n) is 2.08. The van der Waals surface area contributed by atoms with Gasteiger partial charge in [-0.25, -0.2) is 0 Å². The molecule has 1 aromatic carbocycles. The quantitative estimate of drug-likeness (QED) is 0.749. The molecule has 2 N–H and O–H groups in total. The fourth-order valence-corrected chi connectivity index (χ4v) is 2.08. The van der Waals surface area contributed by atoms with Gasteiger partial charge in [-0.15, -0.1) is 12.4 Å². The third-order valence-corrected chi connectivity index (χ3v) is 3.19. The van der Waals surface area contributed by atoms with Crippen molar-refractivity contribution in [3.05, 3.63) is 35.4 Å². The van der Waals surface area contributed by atoms with Crippen LogP contribution in [0, 0.1) is 0 Å². The van der Waals surface area contributed by atoms with Gasteiger partial charge in [0.1, 0.15) is 0 Å². The van der Waals surface area contributed by atoms with Crippen LogP contribution in [0.1, 0.15) is 37.3 Å². The molecular formula is C15H22ClF3N2O. The van der Waals surface area contributed by atoms with E-state index in [9.17, 15) is 18.0 Å². The Morgan fingerprint density at radius 1 is 1.23 bits per heavy atom. The van der Waals surface area contributed by atoms with Crippen molar-refractivity contribution in [3.63, 3.8) is 0 Å². The van der Waals surface area contributed by atoms with Gasteiger partial charge in [-0.3, -0.25) is 4.79 Å². The van der Waals surface area contributed by atoms with E-state index in [1.165, 1.54) is 6.07 Å². The second kappa shape index (κ2) is 9.69. The predicted molar refractivity (Wildman–Crippen MR) is 83.3 cm³/mol. The minimum atomic E-state index is -4.39. The van der Waals surface area contributed by atoms with Crippen molar-refractivity contribution in [3.8, 4) is 0 Å². The van der Waals surface area contributed by atoms with E-state index in [-0.39, 0.29) is 18.3 Å². The Balaban J connectivity index is 0.00000441. The lowest BCUT2D eigenvalue weighted by atomic mass is 9.94. The molecule has 1 rings (SSSR count). The Bertz CT molecular complexity index is 466. The zero-order chi connectivity index (χ0) is 15.9. The summed E-state index contributed by atoms with van der Waals surface area (Å²) in [5.74, 6) is -0.802. The number of halogens is 4. The van der Waals surface area contributed by atoms with Crippen molar-refractivity contribution < 1.29 is 18.0 Å². The molecule has 126 valence electrons. The van der Waals surface area contributed by atoms with Crippen molar-refractivity contribution in [1.29, 1.82) is 0 Å². The topological polar surface area (TPSA) is 41.1 Å². The number of rotatable bonds is 7. The fraction of sp³-hybridized carbons (Fsp3) is 0.533. The summed E-state index contributed by atoms with van der Waals surface area (Å²) < 4.78 is 38.1. The summed E-state index contributed by atoms with van der Waals surface area (Å²) in [7, 11) is 0. The van der Waals surface area contributed by atoms with Crippen molar-refractivity contribution >= 4 is 18.3 Å². The van der Waals surface area contributed by atoms with Gasteiger partial charge in [-0.2, -0.15) is 13.2 Å². The highest BCUT2D eigenvalue weighted by atomic mass is 35.5. The van der Waals surface area contributed by atoms with Crippen LogP contribution in [0.2, 0.25) is 0 Å². The smallest absolute Gasteiger partial charge is 0.354 e. The molecule has 0 spiro atoms. The molecule has 0 heterocycles. The third kappa shape index (κ3) is 6.23. The second-order valence-electron chi connectivity index (χ2n) is 4.73. The third-order valence-electron chi connectivity index (χ3n) is 3.19. The van der Waals surface area contributed by atoms with Crippen LogP contribution in [-0.2, 0) is 11.0 Å². The van der Waals surface area contributed by atoms with E-state index >= 15 is 0 Å². The van der Waals surface area contributed by atoms with E-state index in [0.717, 1.165) is 18.7 Å². The lowest BCUT2D eigenvalue weighted by Gasteiger charge is -2.17. The van der Waals surface area contributed by atoms with Gasteiger partial charge in [0.15, 0.2) is 0 Å². The SMILES string of the molecule is CCNCCNC(=O)C(CC)c1cccc(C(F)(F)F)c1.Cl. The van der Waals surface area contributed by atoms with E-state index < -0.39 is 17.7 Å². The van der Waals surface area contributed by atoms with E-state index in [1.54, 1.807) is 13.0 Å². The Labute approximate surface area is 135 Å². The van der Waals surface area contributed by atoms with Crippen LogP contribution >= 0.6 is 12.4 Å². The van der Waals surface area contributed by atoms with Crippen LogP contribution < -0.4 is 10.6 Å². The number of carbonyl (C=O) groups is 1. The summed E-state index contributed by atoms with van der Waals surface area (Å²) in [6.07, 6.45) is -3.94. The van der Waals surface area contributed by atoms with E-state index in [0.29, 0.717) is 25.1 Å². The molecule has 3 nitrogen and oxygen atoms in total. The number of hydrogen-bond acceptors (Lipinski definition) is 2. The molecule has 1 amide bonds. The Morgan fingerprint density at radius 2 is 1.91 bits per heavy atom. The first-order valence-electron chi connectivity index (χ1n) is 7.05. The molecule has 0 aromatic heterocycles. The van der Waals surface area contributed by atoms with Gasteiger partial charge in [-0.05, 0) is 24.6 Å². The van der Waals surface area contributed by atoms with E-state index in [2.05, 4.69) is 10.6 Å². The summed E-state index contributed by atoms with van der Waals surface area (Å²) in [5.41, 5.74) is -0.327. The van der Waals surface area contributed by atoms with Crippen LogP contribution in [0.25, 0.3) is 0 Å². The number of likely N-dealkylation sites (N-methyl/N-ethyl adjacent to an activating group) is 1. The minimum absolute atomic E-state index is 0. The van der Waals surface area contributed by atoms with Crippen molar-refractivity contribution in [2.24, 2.45) is 0 Å². The molecule has 0 radical (unpaired) electrons. The Morgan fingerprint density at radius 3 is 2.45 bits per heavy atom. The van der Waals surface area contributed by atoms with Gasteiger partial charge in [0.2, 0.25) is 5.91 Å². The molecule has 0 saturated heterocycles. The zero-order valence-corrected chi connectivity index (χ0v) is 13.5. The maximum atomic E-state index is 12.7. The summed E-state index contributed by atoms with van der Waals surface area (Å²) >= 11 is 0.